The highest BCUT2D eigenvalue weighted by Gasteiger charge is 2.23. The van der Waals surface area contributed by atoms with Crippen LogP contribution < -0.4 is 40.2 Å². The Kier molecular flexibility index (Phi) is 25.9. The third-order valence-corrected chi connectivity index (χ3v) is 18.5. The molecule has 28 heteroatoms. The standard InChI is InChI=1S/4C26H27FN4O2/c4*1-5-33-25-14-24-22(13-18(25)12-21(32)7-6-10-31(3)4)26(19(15-28)16-29-24)30-20-8-9-23(27)17(2)11-20/h4*6-9,11,13-14,16H,5,10,12H2,1-4H3,(H,29,30)/b4*7-6+/i5D2,8D,9D,10D2,11D;1D3,5D2,8D,9D,11D;8D,9D,10D2,11D;5D2,8D,9D,11D. The molecule has 0 fully saturated rings. The minimum Gasteiger partial charge on any atom is -0.494 e. The third kappa shape index (κ3) is 28.5. The van der Waals surface area contributed by atoms with Gasteiger partial charge in [0.1, 0.15) is 70.5 Å². The number of ketones is 4. The summed E-state index contributed by atoms with van der Waals surface area (Å²) in [5.74, 6) is -5.29. The fourth-order valence-corrected chi connectivity index (χ4v) is 12.4. The maximum absolute atomic E-state index is 14.3. The molecule has 0 unspecified atom stereocenters. The van der Waals surface area contributed by atoms with Crippen molar-refractivity contribution in [1.82, 2.24) is 39.5 Å². The monoisotopic (exact) mass is 1810 g/mol. The Morgan fingerprint density at radius 3 is 0.864 bits per heavy atom. The number of allylic oxidation sites excluding steroid dienone is 4. The fourth-order valence-electron chi connectivity index (χ4n) is 12.4. The number of nitrogens with one attached hydrogen (secondary N) is 4. The van der Waals surface area contributed by atoms with E-state index >= 15 is 0 Å². The number of pyridine rings is 4. The van der Waals surface area contributed by atoms with Crippen molar-refractivity contribution >= 4 is 112 Å². The van der Waals surface area contributed by atoms with Gasteiger partial charge in [-0.05, 0) is 255 Å². The minimum absolute atomic E-state index is 0.00403. The van der Waals surface area contributed by atoms with Crippen LogP contribution in [0, 0.1) is 96.3 Å². The van der Waals surface area contributed by atoms with Crippen LogP contribution in [0.2, 0.25) is 0 Å². The number of fused-ring (bicyclic) bond motifs is 4. The van der Waals surface area contributed by atoms with Gasteiger partial charge in [-0.15, -0.1) is 0 Å². The zero-order chi connectivity index (χ0) is 118. The summed E-state index contributed by atoms with van der Waals surface area (Å²) >= 11 is 0. The Morgan fingerprint density at radius 2 is 0.636 bits per heavy atom. The minimum atomic E-state index is -3.16. The normalized spacial score (nSPS) is 14.6. The predicted molar refractivity (Wildman–Crippen MR) is 514 cm³/mol. The van der Waals surface area contributed by atoms with Crippen LogP contribution in [0.5, 0.6) is 23.0 Å². The molecule has 4 heterocycles. The Labute approximate surface area is 802 Å². The summed E-state index contributed by atoms with van der Waals surface area (Å²) in [5.41, 5.74) is 1.29. The number of rotatable bonds is 36. The molecule has 12 aromatic rings. The quantitative estimate of drug-likeness (QED) is 0.0209. The predicted octanol–water partition coefficient (Wildman–Crippen LogP) is 19.7. The molecule has 0 bridgehead atoms. The van der Waals surface area contributed by atoms with Crippen LogP contribution in [-0.4, -0.2) is 171 Å². The summed E-state index contributed by atoms with van der Waals surface area (Å²) in [4.78, 5) is 74.4. The van der Waals surface area contributed by atoms with Gasteiger partial charge in [0.2, 0.25) is 0 Å². The molecular formula is C104H108F4N16O8. The van der Waals surface area contributed by atoms with E-state index in [9.17, 15) is 57.8 Å². The molecule has 0 atom stereocenters. The van der Waals surface area contributed by atoms with Crippen LogP contribution in [0.1, 0.15) is 129 Å². The zero-order valence-corrected chi connectivity index (χ0v) is 74.6. The molecule has 4 aromatic heterocycles. The van der Waals surface area contributed by atoms with E-state index in [4.69, 9.17) is 53.2 Å². The summed E-state index contributed by atoms with van der Waals surface area (Å²) in [6.45, 7) is -3.45. The van der Waals surface area contributed by atoms with E-state index < -0.39 is 129 Å². The number of nitriles is 4. The first kappa shape index (κ1) is 69.9. The van der Waals surface area contributed by atoms with Crippen molar-refractivity contribution in [1.29, 1.82) is 21.0 Å². The van der Waals surface area contributed by atoms with Gasteiger partial charge in [0.15, 0.2) is 23.1 Å². The smallest absolute Gasteiger partial charge is 0.159 e. The fraction of sp³-hybridized carbons (Fsp3) is 0.269. The number of carbonyl (C=O) groups excluding carboxylic acids is 4. The number of hydrogen-bond acceptors (Lipinski definition) is 24. The second-order valence-corrected chi connectivity index (χ2v) is 29.7. The molecule has 0 saturated heterocycles. The molecule has 4 N–H and O–H groups in total. The van der Waals surface area contributed by atoms with Crippen molar-refractivity contribution in [2.45, 2.75) is 81.0 Å². The average Bonchev–Trinajstić information content (AvgIpc) is 0.762. The molecule has 12 rings (SSSR count). The lowest BCUT2D eigenvalue weighted by atomic mass is 10.0. The van der Waals surface area contributed by atoms with E-state index in [2.05, 4.69) is 41.2 Å². The lowest BCUT2D eigenvalue weighted by Gasteiger charge is -2.15. The molecule has 132 heavy (non-hydrogen) atoms. The SMILES string of the molecule is [2H]c1c([2H])c(Nc2c(C#N)cnc3cc(OC([2H])([2H])C([2H])([2H])[2H])c(CC(=O)/C=C/CN(C)C)cc23)c([2H])c(C)c1F.[2H]c1c([2H])c(Nc2c(C#N)cnc3cc(OC([2H])([2H])C)c(CC(=O)/C=C/C([2H])([2H])N(C)C)cc23)c([2H])c(C)c1F.[2H]c1c([2H])c(Nc2c(C#N)cnc3cc(OC([2H])([2H])C)c(CC(=O)/C=C/CN(C)C)cc23)c([2H])c(C)c1F.[2H]c1c([2H])c(Nc2c(C#N)cnc3cc(OCC)c(CC(=O)/C=C/C([2H])([2H])N(C)C)cc23)c([2H])c(C)c1F. The Balaban J connectivity index is 0.000000231. The molecule has 0 saturated carbocycles. The molecule has 0 amide bonds. The molecule has 0 aliphatic heterocycles. The summed E-state index contributed by atoms with van der Waals surface area (Å²) in [7, 11) is 13.5. The highest BCUT2D eigenvalue weighted by atomic mass is 19.1. The largest absolute Gasteiger partial charge is 0.494 e. The Hall–Kier alpha value is -15.0. The molecule has 0 aliphatic rings. The molecule has 0 spiro atoms. The number of hydrogen-bond donors (Lipinski definition) is 4. The lowest BCUT2D eigenvalue weighted by Crippen LogP contribution is -2.11. The number of aromatic nitrogens is 4. The van der Waals surface area contributed by atoms with Gasteiger partial charge in [-0.2, -0.15) is 21.0 Å². The Morgan fingerprint density at radius 1 is 0.386 bits per heavy atom. The molecule has 24 nitrogen and oxygen atoms in total. The van der Waals surface area contributed by atoms with Gasteiger partial charge in [0.25, 0.3) is 0 Å². The van der Waals surface area contributed by atoms with Crippen LogP contribution in [-0.2, 0) is 44.9 Å². The molecule has 0 aliphatic carbocycles. The first-order valence-corrected chi connectivity index (χ1v) is 40.2. The summed E-state index contributed by atoms with van der Waals surface area (Å²) in [6, 6.07) is 13.0. The number of carbonyl (C=O) groups is 4. The van der Waals surface area contributed by atoms with Crippen molar-refractivity contribution < 1.29 is 90.0 Å². The van der Waals surface area contributed by atoms with E-state index in [-0.39, 0.29) is 201 Å². The number of nitrogens with zero attached hydrogens (tertiary/aromatic N) is 12. The van der Waals surface area contributed by atoms with Crippen molar-refractivity contribution in [2.75, 3.05) is 130 Å². The molecular weight excluding hydrogens is 1680 g/mol. The van der Waals surface area contributed by atoms with Crippen LogP contribution >= 0.6 is 0 Å². The second kappa shape index (κ2) is 48.9. The van der Waals surface area contributed by atoms with Crippen LogP contribution in [0.15, 0.2) is 194 Å². The Bertz CT molecular complexity index is 7820. The number of anilines is 8. The summed E-state index contributed by atoms with van der Waals surface area (Å²) in [5, 5.41) is 51.6. The van der Waals surface area contributed by atoms with Crippen LogP contribution in [0.3, 0.4) is 0 Å². The number of ether oxygens (including phenoxy) is 4. The van der Waals surface area contributed by atoms with E-state index in [1.165, 1.54) is 145 Å². The van der Waals surface area contributed by atoms with E-state index in [1.54, 1.807) is 45.3 Å². The van der Waals surface area contributed by atoms with E-state index in [0.29, 0.717) is 52.9 Å². The maximum atomic E-state index is 14.3. The first-order chi connectivity index (χ1) is 73.0. The van der Waals surface area contributed by atoms with Gasteiger partial charge in [0, 0.05) is 177 Å². The number of benzene rings is 8. The number of likely N-dealkylation sites (N-methyl/N-ethyl adjacent to an activating group) is 4. The van der Waals surface area contributed by atoms with E-state index in [1.807, 2.05) is 62.3 Å². The van der Waals surface area contributed by atoms with E-state index in [0.717, 1.165) is 18.3 Å². The van der Waals surface area contributed by atoms with Crippen molar-refractivity contribution in [3.63, 3.8) is 0 Å². The topological polar surface area (TPSA) is 313 Å². The lowest BCUT2D eigenvalue weighted by molar-refractivity contribution is -0.114. The van der Waals surface area contributed by atoms with Gasteiger partial charge in [-0.3, -0.25) is 39.1 Å². The van der Waals surface area contributed by atoms with Gasteiger partial charge < -0.3 is 59.8 Å². The highest BCUT2D eigenvalue weighted by molar-refractivity contribution is 6.03. The zero-order valence-electron chi connectivity index (χ0n) is 99.6. The molecule has 8 aromatic carbocycles. The van der Waals surface area contributed by atoms with Gasteiger partial charge >= 0.3 is 0 Å². The average molecular weight is 1810 g/mol. The van der Waals surface area contributed by atoms with Gasteiger partial charge in [0.05, 0.1) is 118 Å². The summed E-state index contributed by atoms with van der Waals surface area (Å²) < 4.78 is 278. The van der Waals surface area contributed by atoms with Crippen LogP contribution in [0.25, 0.3) is 43.6 Å². The number of halogens is 4. The second-order valence-electron chi connectivity index (χ2n) is 29.7. The van der Waals surface area contributed by atoms with Gasteiger partial charge in [-0.1, -0.05) is 24.3 Å². The van der Waals surface area contributed by atoms with Crippen molar-refractivity contribution in [3.05, 3.63) is 284 Å². The third-order valence-electron chi connectivity index (χ3n) is 18.5. The maximum Gasteiger partial charge on any atom is 0.159 e. The first-order valence-electron chi connectivity index (χ1n) is 52.7. The van der Waals surface area contributed by atoms with Crippen molar-refractivity contribution in [2.24, 2.45) is 0 Å². The van der Waals surface area contributed by atoms with Crippen molar-refractivity contribution in [3.8, 4) is 47.3 Å². The highest BCUT2D eigenvalue weighted by Crippen LogP contribution is 2.40. The van der Waals surface area contributed by atoms with Gasteiger partial charge in [-0.25, -0.2) is 17.6 Å². The van der Waals surface area contributed by atoms with Crippen LogP contribution in [0.4, 0.5) is 63.1 Å². The molecule has 680 valence electrons. The summed E-state index contributed by atoms with van der Waals surface area (Å²) in [6.07, 6.45) is 14.6. The molecule has 0 radical (unpaired) electrons.